The lowest BCUT2D eigenvalue weighted by molar-refractivity contribution is 0.123. The van der Waals surface area contributed by atoms with Crippen molar-refractivity contribution in [1.29, 1.82) is 0 Å². The van der Waals surface area contributed by atoms with Gasteiger partial charge in [-0.2, -0.15) is 0 Å². The fraction of sp³-hybridized carbons (Fsp3) is 0.667. The zero-order chi connectivity index (χ0) is 6.53. The number of nitrogens with two attached hydrogens (primary N) is 1. The molecule has 1 aliphatic heterocycles. The predicted octanol–water partition coefficient (Wildman–Crippen LogP) is 0.142. The van der Waals surface area contributed by atoms with Crippen LogP contribution in [0.5, 0.6) is 0 Å². The number of hydrogen-bond donors (Lipinski definition) is 2. The van der Waals surface area contributed by atoms with Crippen LogP contribution in [0.2, 0.25) is 0 Å². The highest BCUT2D eigenvalue weighted by molar-refractivity contribution is 4.82. The Morgan fingerprint density at radius 1 is 1.78 bits per heavy atom. The van der Waals surface area contributed by atoms with E-state index in [9.17, 15) is 0 Å². The summed E-state index contributed by atoms with van der Waals surface area (Å²) >= 11 is 0. The summed E-state index contributed by atoms with van der Waals surface area (Å²) in [6, 6.07) is 0. The van der Waals surface area contributed by atoms with Crippen LogP contribution < -0.4 is 11.3 Å². The third-order valence-electron chi connectivity index (χ3n) is 1.37. The summed E-state index contributed by atoms with van der Waals surface area (Å²) < 4.78 is 5.20. The van der Waals surface area contributed by atoms with Gasteiger partial charge in [-0.3, -0.25) is 11.3 Å². The lowest BCUT2D eigenvalue weighted by atomic mass is 10.2. The highest BCUT2D eigenvalue weighted by Gasteiger charge is 2.08. The molecule has 0 saturated carbocycles. The molecule has 0 aromatic rings. The van der Waals surface area contributed by atoms with Gasteiger partial charge in [0, 0.05) is 6.54 Å². The molecule has 1 unspecified atom stereocenters. The maximum atomic E-state index is 5.20. The van der Waals surface area contributed by atoms with Crippen molar-refractivity contribution >= 4 is 0 Å². The molecule has 0 spiro atoms. The smallest absolute Gasteiger partial charge is 0.112 e. The number of allylic oxidation sites excluding steroid dienone is 1. The molecule has 1 heterocycles. The Hall–Kier alpha value is -0.540. The van der Waals surface area contributed by atoms with Crippen molar-refractivity contribution in [2.45, 2.75) is 18.9 Å². The molecule has 1 aliphatic rings. The monoisotopic (exact) mass is 128 g/mol. The first kappa shape index (κ1) is 6.58. The average Bonchev–Trinajstić information content (AvgIpc) is 1.91. The van der Waals surface area contributed by atoms with Gasteiger partial charge in [0.1, 0.15) is 6.10 Å². The molecule has 52 valence electrons. The van der Waals surface area contributed by atoms with E-state index in [4.69, 9.17) is 10.6 Å². The first-order chi connectivity index (χ1) is 4.43. The maximum absolute atomic E-state index is 5.20. The molecule has 1 rings (SSSR count). The molecule has 1 atom stereocenters. The average molecular weight is 128 g/mol. The second kappa shape index (κ2) is 3.48. The molecule has 0 fully saturated rings. The van der Waals surface area contributed by atoms with Gasteiger partial charge < -0.3 is 4.74 Å². The number of ether oxygens (including phenoxy) is 1. The third kappa shape index (κ3) is 2.03. The molecule has 0 aromatic carbocycles. The number of hydrazine groups is 1. The van der Waals surface area contributed by atoms with Gasteiger partial charge in [0.15, 0.2) is 0 Å². The van der Waals surface area contributed by atoms with Crippen LogP contribution in [0.3, 0.4) is 0 Å². The summed E-state index contributed by atoms with van der Waals surface area (Å²) in [5.41, 5.74) is 2.58. The zero-order valence-corrected chi connectivity index (χ0v) is 5.34. The van der Waals surface area contributed by atoms with E-state index in [0.29, 0.717) is 0 Å². The lowest BCUT2D eigenvalue weighted by Gasteiger charge is -2.17. The standard InChI is InChI=1S/C6H12N2O/c7-8-5-6-3-1-2-4-9-6/h2,4,6,8H,1,3,5,7H2. The molecule has 3 heteroatoms. The van der Waals surface area contributed by atoms with Gasteiger partial charge in [0.05, 0.1) is 6.26 Å². The van der Waals surface area contributed by atoms with Crippen molar-refractivity contribution < 1.29 is 4.74 Å². The Kier molecular flexibility index (Phi) is 2.54. The van der Waals surface area contributed by atoms with Crippen LogP contribution >= 0.6 is 0 Å². The highest BCUT2D eigenvalue weighted by atomic mass is 16.5. The van der Waals surface area contributed by atoms with E-state index in [1.165, 1.54) is 0 Å². The van der Waals surface area contributed by atoms with E-state index in [0.717, 1.165) is 19.4 Å². The van der Waals surface area contributed by atoms with Gasteiger partial charge in [0.25, 0.3) is 0 Å². The number of nitrogens with one attached hydrogen (secondary N) is 1. The van der Waals surface area contributed by atoms with Gasteiger partial charge in [-0.15, -0.1) is 0 Å². The van der Waals surface area contributed by atoms with Crippen LogP contribution in [-0.2, 0) is 4.74 Å². The minimum Gasteiger partial charge on any atom is -0.497 e. The van der Waals surface area contributed by atoms with Crippen LogP contribution in [0.4, 0.5) is 0 Å². The zero-order valence-electron chi connectivity index (χ0n) is 5.34. The van der Waals surface area contributed by atoms with Gasteiger partial charge in [0.2, 0.25) is 0 Å². The van der Waals surface area contributed by atoms with Crippen LogP contribution in [-0.4, -0.2) is 12.6 Å². The van der Waals surface area contributed by atoms with Crippen molar-refractivity contribution in [1.82, 2.24) is 5.43 Å². The largest absolute Gasteiger partial charge is 0.497 e. The number of hydrogen-bond acceptors (Lipinski definition) is 3. The summed E-state index contributed by atoms with van der Waals surface area (Å²) in [7, 11) is 0. The van der Waals surface area contributed by atoms with E-state index >= 15 is 0 Å². The van der Waals surface area contributed by atoms with Crippen molar-refractivity contribution in [2.24, 2.45) is 5.84 Å². The van der Waals surface area contributed by atoms with Crippen molar-refractivity contribution in [3.8, 4) is 0 Å². The van der Waals surface area contributed by atoms with Crippen LogP contribution in [0.15, 0.2) is 12.3 Å². The van der Waals surface area contributed by atoms with E-state index in [1.54, 1.807) is 6.26 Å². The normalized spacial score (nSPS) is 25.7. The molecule has 0 amide bonds. The molecule has 3 nitrogen and oxygen atoms in total. The fourth-order valence-electron chi connectivity index (χ4n) is 0.866. The lowest BCUT2D eigenvalue weighted by Crippen LogP contribution is -2.33. The molecule has 9 heavy (non-hydrogen) atoms. The predicted molar refractivity (Wildman–Crippen MR) is 35.4 cm³/mol. The van der Waals surface area contributed by atoms with E-state index < -0.39 is 0 Å². The molecule has 0 saturated heterocycles. The van der Waals surface area contributed by atoms with Crippen LogP contribution in [0.1, 0.15) is 12.8 Å². The van der Waals surface area contributed by atoms with Crippen LogP contribution in [0, 0.1) is 0 Å². The van der Waals surface area contributed by atoms with Gasteiger partial charge >= 0.3 is 0 Å². The number of rotatable bonds is 2. The Morgan fingerprint density at radius 2 is 2.67 bits per heavy atom. The Labute approximate surface area is 54.8 Å². The minimum absolute atomic E-state index is 0.278. The van der Waals surface area contributed by atoms with Crippen molar-refractivity contribution in [3.63, 3.8) is 0 Å². The van der Waals surface area contributed by atoms with Crippen molar-refractivity contribution in [3.05, 3.63) is 12.3 Å². The molecular formula is C6H12N2O. The first-order valence-electron chi connectivity index (χ1n) is 3.17. The second-order valence-electron chi connectivity index (χ2n) is 2.12. The quantitative estimate of drug-likeness (QED) is 0.411. The molecule has 0 radical (unpaired) electrons. The molecule has 0 aromatic heterocycles. The summed E-state index contributed by atoms with van der Waals surface area (Å²) in [5.74, 6) is 5.11. The molecule has 0 aliphatic carbocycles. The van der Waals surface area contributed by atoms with Crippen LogP contribution in [0.25, 0.3) is 0 Å². The van der Waals surface area contributed by atoms with E-state index in [-0.39, 0.29) is 6.10 Å². The Balaban J connectivity index is 2.18. The fourth-order valence-corrected chi connectivity index (χ4v) is 0.866. The minimum atomic E-state index is 0.278. The SMILES string of the molecule is NNCC1CCC=CO1. The maximum Gasteiger partial charge on any atom is 0.112 e. The molecule has 3 N–H and O–H groups in total. The third-order valence-corrected chi connectivity index (χ3v) is 1.37. The van der Waals surface area contributed by atoms with E-state index in [1.807, 2.05) is 6.08 Å². The first-order valence-corrected chi connectivity index (χ1v) is 3.17. The molecule has 0 bridgehead atoms. The second-order valence-corrected chi connectivity index (χ2v) is 2.12. The Bertz CT molecular complexity index is 103. The van der Waals surface area contributed by atoms with Crippen molar-refractivity contribution in [2.75, 3.05) is 6.54 Å². The summed E-state index contributed by atoms with van der Waals surface area (Å²) in [6.07, 6.45) is 6.21. The highest BCUT2D eigenvalue weighted by Crippen LogP contribution is 2.08. The molecular weight excluding hydrogens is 116 g/mol. The van der Waals surface area contributed by atoms with Gasteiger partial charge in [-0.25, -0.2) is 0 Å². The van der Waals surface area contributed by atoms with E-state index in [2.05, 4.69) is 5.43 Å². The van der Waals surface area contributed by atoms with Gasteiger partial charge in [-0.1, -0.05) is 0 Å². The Morgan fingerprint density at radius 3 is 3.22 bits per heavy atom. The summed E-state index contributed by atoms with van der Waals surface area (Å²) in [6.45, 7) is 0.740. The summed E-state index contributed by atoms with van der Waals surface area (Å²) in [4.78, 5) is 0. The topological polar surface area (TPSA) is 47.3 Å². The van der Waals surface area contributed by atoms with Gasteiger partial charge in [-0.05, 0) is 18.9 Å². The summed E-state index contributed by atoms with van der Waals surface area (Å²) in [5, 5.41) is 0.